The zero-order valence-corrected chi connectivity index (χ0v) is 20.9. The number of nitrogens with zero attached hydrogens (tertiary/aromatic N) is 6. The van der Waals surface area contributed by atoms with Crippen molar-refractivity contribution in [2.45, 2.75) is 12.6 Å². The monoisotopic (exact) mass is 544 g/mol. The predicted octanol–water partition coefficient (Wildman–Crippen LogP) is 4.28. The molecule has 0 amide bonds. The van der Waals surface area contributed by atoms with Crippen LogP contribution in [0.25, 0.3) is 34.0 Å². The average Bonchev–Trinajstić information content (AvgIpc) is 3.65. The first-order valence-corrected chi connectivity index (χ1v) is 12.4. The summed E-state index contributed by atoms with van der Waals surface area (Å²) in [5, 5.41) is 18.2. The number of hydrogen-bond acceptors (Lipinski definition) is 8. The van der Waals surface area contributed by atoms with Gasteiger partial charge in [-0.1, -0.05) is 47.6 Å². The first-order valence-electron chi connectivity index (χ1n) is 12.4. The van der Waals surface area contributed by atoms with E-state index in [4.69, 9.17) is 9.26 Å². The molecule has 5 aromatic rings. The summed E-state index contributed by atoms with van der Waals surface area (Å²) >= 11 is 0. The number of anilines is 1. The van der Waals surface area contributed by atoms with Gasteiger partial charge in [-0.3, -0.25) is 4.68 Å². The van der Waals surface area contributed by atoms with Gasteiger partial charge in [0.05, 0.1) is 31.6 Å². The van der Waals surface area contributed by atoms with Crippen molar-refractivity contribution in [2.24, 2.45) is 0 Å². The summed E-state index contributed by atoms with van der Waals surface area (Å²) in [4.78, 5) is 21.5. The van der Waals surface area contributed by atoms with Gasteiger partial charge < -0.3 is 19.3 Å². The number of aromatic nitrogens is 5. The van der Waals surface area contributed by atoms with E-state index in [2.05, 4.69) is 20.2 Å². The Morgan fingerprint density at radius 1 is 1.02 bits per heavy atom. The van der Waals surface area contributed by atoms with Crippen molar-refractivity contribution >= 4 is 11.8 Å². The highest BCUT2D eigenvalue weighted by Gasteiger charge is 2.32. The third-order valence-electron chi connectivity index (χ3n) is 6.60. The Balaban J connectivity index is 1.36. The van der Waals surface area contributed by atoms with Crippen LogP contribution in [0, 0.1) is 11.6 Å². The molecule has 1 saturated heterocycles. The number of ether oxygens (including phenoxy) is 1. The Hall–Kier alpha value is -4.97. The second kappa shape index (κ2) is 10.7. The van der Waals surface area contributed by atoms with Crippen molar-refractivity contribution in [1.29, 1.82) is 0 Å². The van der Waals surface area contributed by atoms with Crippen molar-refractivity contribution in [3.63, 3.8) is 0 Å². The van der Waals surface area contributed by atoms with Gasteiger partial charge in [0.2, 0.25) is 0 Å². The third-order valence-corrected chi connectivity index (χ3v) is 6.60. The van der Waals surface area contributed by atoms with Crippen LogP contribution in [0.15, 0.2) is 77.6 Å². The quantitative estimate of drug-likeness (QED) is 0.320. The lowest BCUT2D eigenvalue weighted by molar-refractivity contribution is -0.141. The van der Waals surface area contributed by atoms with Crippen LogP contribution >= 0.6 is 0 Å². The SMILES string of the molecule is O=C(O)[C@H]1COCCN1c1nc(-c2cc(-c3ccon3)n(Cc3ccc(-c4ccccc4)cc3F)n2)ncc1F. The maximum atomic E-state index is 15.2. The number of carbonyl (C=O) groups is 1. The van der Waals surface area contributed by atoms with E-state index in [1.165, 1.54) is 21.9 Å². The van der Waals surface area contributed by atoms with Gasteiger partial charge in [-0.2, -0.15) is 5.10 Å². The normalized spacial score (nSPS) is 15.3. The van der Waals surface area contributed by atoms with E-state index < -0.39 is 23.6 Å². The Morgan fingerprint density at radius 2 is 1.88 bits per heavy atom. The van der Waals surface area contributed by atoms with E-state index in [9.17, 15) is 14.3 Å². The molecule has 0 bridgehead atoms. The molecule has 1 aliphatic rings. The molecule has 1 N–H and O–H groups in total. The summed E-state index contributed by atoms with van der Waals surface area (Å²) in [5.74, 6) is -2.43. The molecule has 1 fully saturated rings. The number of benzene rings is 2. The minimum atomic E-state index is -1.16. The van der Waals surface area contributed by atoms with Crippen LogP contribution < -0.4 is 4.90 Å². The van der Waals surface area contributed by atoms with Crippen molar-refractivity contribution in [2.75, 3.05) is 24.7 Å². The fraction of sp³-hybridized carbons (Fsp3) is 0.179. The zero-order chi connectivity index (χ0) is 27.6. The Bertz CT molecular complexity index is 1660. The lowest BCUT2D eigenvalue weighted by Gasteiger charge is -2.33. The number of morpholine rings is 1. The molecule has 10 nitrogen and oxygen atoms in total. The molecule has 1 aliphatic heterocycles. The molecule has 0 radical (unpaired) electrons. The van der Waals surface area contributed by atoms with Crippen LogP contribution in [0.4, 0.5) is 14.6 Å². The maximum absolute atomic E-state index is 15.2. The topological polar surface area (TPSA) is 119 Å². The van der Waals surface area contributed by atoms with Gasteiger partial charge in [0.25, 0.3) is 0 Å². The summed E-state index contributed by atoms with van der Waals surface area (Å²) < 4.78 is 41.8. The van der Waals surface area contributed by atoms with Gasteiger partial charge in [-0.15, -0.1) is 0 Å². The highest BCUT2D eigenvalue weighted by atomic mass is 19.1. The average molecular weight is 545 g/mol. The van der Waals surface area contributed by atoms with Crippen molar-refractivity contribution in [3.8, 4) is 34.0 Å². The summed E-state index contributed by atoms with van der Waals surface area (Å²) in [5.41, 5.74) is 3.24. The molecule has 1 atom stereocenters. The van der Waals surface area contributed by atoms with E-state index in [1.807, 2.05) is 36.4 Å². The molecule has 0 unspecified atom stereocenters. The second-order valence-electron chi connectivity index (χ2n) is 9.12. The Kier molecular flexibility index (Phi) is 6.74. The first kappa shape index (κ1) is 25.3. The fourth-order valence-corrected chi connectivity index (χ4v) is 4.59. The summed E-state index contributed by atoms with van der Waals surface area (Å²) in [6.07, 6.45) is 2.38. The fourth-order valence-electron chi connectivity index (χ4n) is 4.59. The minimum Gasteiger partial charge on any atom is -0.480 e. The van der Waals surface area contributed by atoms with Gasteiger partial charge >= 0.3 is 5.97 Å². The largest absolute Gasteiger partial charge is 0.480 e. The van der Waals surface area contributed by atoms with E-state index in [0.29, 0.717) is 17.0 Å². The Morgan fingerprint density at radius 3 is 2.62 bits per heavy atom. The van der Waals surface area contributed by atoms with E-state index in [-0.39, 0.29) is 43.6 Å². The van der Waals surface area contributed by atoms with Crippen LogP contribution in [0.5, 0.6) is 0 Å². The lowest BCUT2D eigenvalue weighted by Crippen LogP contribution is -2.50. The van der Waals surface area contributed by atoms with Gasteiger partial charge in [0, 0.05) is 18.2 Å². The Labute approximate surface area is 226 Å². The van der Waals surface area contributed by atoms with Gasteiger partial charge in [-0.05, 0) is 23.3 Å². The van der Waals surface area contributed by atoms with Crippen LogP contribution in [-0.2, 0) is 16.1 Å². The first-order chi connectivity index (χ1) is 19.5. The van der Waals surface area contributed by atoms with Crippen LogP contribution in [-0.4, -0.2) is 61.8 Å². The molecule has 0 spiro atoms. The summed E-state index contributed by atoms with van der Waals surface area (Å²) in [6.45, 7) is 0.318. The van der Waals surface area contributed by atoms with Crippen molar-refractivity contribution in [1.82, 2.24) is 24.9 Å². The molecule has 40 heavy (non-hydrogen) atoms. The van der Waals surface area contributed by atoms with Gasteiger partial charge in [0.15, 0.2) is 23.5 Å². The maximum Gasteiger partial charge on any atom is 0.328 e. The van der Waals surface area contributed by atoms with E-state index >= 15 is 4.39 Å². The standard InChI is InChI=1S/C28H22F2N6O4/c29-20-12-18(17-4-2-1-3-5-17)6-7-19(20)15-36-24(22-8-10-40-34-22)13-23(33-36)26-31-14-21(30)27(32-26)35-9-11-39-16-25(35)28(37)38/h1-8,10,12-14,25H,9,11,15-16H2,(H,37,38)/t25-/m1/s1. The predicted molar refractivity (Wildman–Crippen MR) is 139 cm³/mol. The molecule has 6 rings (SSSR count). The number of hydrogen-bond donors (Lipinski definition) is 1. The molecular weight excluding hydrogens is 522 g/mol. The lowest BCUT2D eigenvalue weighted by atomic mass is 10.0. The van der Waals surface area contributed by atoms with Gasteiger partial charge in [-0.25, -0.2) is 23.5 Å². The van der Waals surface area contributed by atoms with E-state index in [0.717, 1.165) is 17.3 Å². The number of carboxylic acids is 1. The number of rotatable bonds is 7. The van der Waals surface area contributed by atoms with Crippen molar-refractivity contribution < 1.29 is 27.9 Å². The highest BCUT2D eigenvalue weighted by Crippen LogP contribution is 2.29. The third kappa shape index (κ3) is 4.92. The molecule has 3 aromatic heterocycles. The summed E-state index contributed by atoms with van der Waals surface area (Å²) in [6, 6.07) is 16.7. The number of carboxylic acid groups (broad SMARTS) is 1. The van der Waals surface area contributed by atoms with Crippen molar-refractivity contribution in [3.05, 3.63) is 90.3 Å². The molecule has 2 aromatic carbocycles. The number of aliphatic carboxylic acids is 1. The van der Waals surface area contributed by atoms with Crippen LogP contribution in [0.1, 0.15) is 5.56 Å². The highest BCUT2D eigenvalue weighted by molar-refractivity contribution is 5.78. The van der Waals surface area contributed by atoms with Gasteiger partial charge in [0.1, 0.15) is 23.5 Å². The number of halogens is 2. The summed E-state index contributed by atoms with van der Waals surface area (Å²) in [7, 11) is 0. The molecule has 12 heteroatoms. The molecular formula is C28H22F2N6O4. The zero-order valence-electron chi connectivity index (χ0n) is 20.9. The molecule has 0 aliphatic carbocycles. The second-order valence-corrected chi connectivity index (χ2v) is 9.12. The van der Waals surface area contributed by atoms with Crippen LogP contribution in [0.2, 0.25) is 0 Å². The molecule has 0 saturated carbocycles. The van der Waals surface area contributed by atoms with Crippen LogP contribution in [0.3, 0.4) is 0 Å². The minimum absolute atomic E-state index is 0.0572. The molecule has 4 heterocycles. The molecule has 202 valence electrons. The van der Waals surface area contributed by atoms with E-state index in [1.54, 1.807) is 18.2 Å². The smallest absolute Gasteiger partial charge is 0.328 e.